The Kier molecular flexibility index (Phi) is 6.64. The molecule has 2 fully saturated rings. The maximum Gasteiger partial charge on any atom is 0.261 e. The number of hydrogen-bond donors (Lipinski definition) is 0. The molecule has 0 saturated carbocycles. The number of benzene rings is 1. The van der Waals surface area contributed by atoms with Gasteiger partial charge in [0.2, 0.25) is 0 Å². The molecule has 1 amide bonds. The fourth-order valence-corrected chi connectivity index (χ4v) is 4.47. The number of aromatic nitrogens is 3. The number of imidazole rings is 1. The molecule has 33 heavy (non-hydrogen) atoms. The Morgan fingerprint density at radius 2 is 1.94 bits per heavy atom. The van der Waals surface area contributed by atoms with E-state index in [0.717, 1.165) is 63.7 Å². The van der Waals surface area contributed by atoms with Gasteiger partial charge in [-0.05, 0) is 42.7 Å². The van der Waals surface area contributed by atoms with Crippen LogP contribution in [0.15, 0.2) is 61.2 Å². The summed E-state index contributed by atoms with van der Waals surface area (Å²) in [6.45, 7) is 5.17. The van der Waals surface area contributed by atoms with Gasteiger partial charge in [-0.3, -0.25) is 14.3 Å². The normalized spacial score (nSPS) is 19.0. The van der Waals surface area contributed by atoms with Gasteiger partial charge in [0.05, 0.1) is 24.9 Å². The quantitative estimate of drug-likeness (QED) is 0.555. The van der Waals surface area contributed by atoms with E-state index in [2.05, 4.69) is 22.0 Å². The number of amides is 1. The molecule has 2 saturated heterocycles. The lowest BCUT2D eigenvalue weighted by atomic mass is 10.1. The molecule has 8 heteroatoms. The molecule has 2 aliphatic heterocycles. The third-order valence-corrected chi connectivity index (χ3v) is 6.23. The van der Waals surface area contributed by atoms with Gasteiger partial charge in [-0.2, -0.15) is 0 Å². The van der Waals surface area contributed by atoms with Crippen molar-refractivity contribution in [2.24, 2.45) is 0 Å². The highest BCUT2D eigenvalue weighted by Crippen LogP contribution is 2.31. The molecule has 0 bridgehead atoms. The molecule has 2 aliphatic rings. The molecule has 2 aromatic heterocycles. The van der Waals surface area contributed by atoms with Gasteiger partial charge in [0.1, 0.15) is 17.9 Å². The standard InChI is InChI=1S/C25H29N5O3/c31-25(18-33-21-8-6-20(7-9-21)17-28-13-15-32-16-14-28)30-11-2-4-23(30)22-3-1-5-24(27-22)29-12-10-26-19-29/h1,3,5-10,12,19,23H,2,4,11,13-18H2/t23-/m0/s1. The number of carbonyl (C=O) groups excluding carboxylic acids is 1. The fraction of sp³-hybridized carbons (Fsp3) is 0.400. The van der Waals surface area contributed by atoms with Crippen LogP contribution in [0.3, 0.4) is 0 Å². The third kappa shape index (κ3) is 5.23. The van der Waals surface area contributed by atoms with Crippen LogP contribution >= 0.6 is 0 Å². The van der Waals surface area contributed by atoms with Crippen LogP contribution in [-0.4, -0.2) is 69.7 Å². The second-order valence-electron chi connectivity index (χ2n) is 8.46. The maximum absolute atomic E-state index is 13.0. The molecule has 1 aromatic carbocycles. The molecule has 8 nitrogen and oxygen atoms in total. The predicted molar refractivity (Wildman–Crippen MR) is 123 cm³/mol. The Bertz CT molecular complexity index is 1050. The average molecular weight is 448 g/mol. The molecule has 0 aliphatic carbocycles. The lowest BCUT2D eigenvalue weighted by molar-refractivity contribution is -0.134. The van der Waals surface area contributed by atoms with Crippen molar-refractivity contribution >= 4 is 5.91 Å². The average Bonchev–Trinajstić information content (AvgIpc) is 3.57. The predicted octanol–water partition coefficient (Wildman–Crippen LogP) is 2.84. The van der Waals surface area contributed by atoms with Crippen LogP contribution < -0.4 is 4.74 Å². The molecule has 5 rings (SSSR count). The van der Waals surface area contributed by atoms with E-state index in [1.807, 2.05) is 46.0 Å². The lowest BCUT2D eigenvalue weighted by Crippen LogP contribution is -2.35. The van der Waals surface area contributed by atoms with Crippen LogP contribution in [0.4, 0.5) is 0 Å². The molecule has 0 radical (unpaired) electrons. The Balaban J connectivity index is 1.18. The summed E-state index contributed by atoms with van der Waals surface area (Å²) in [5.74, 6) is 1.51. The summed E-state index contributed by atoms with van der Waals surface area (Å²) in [6, 6.07) is 13.9. The first-order valence-electron chi connectivity index (χ1n) is 11.5. The zero-order chi connectivity index (χ0) is 22.5. The van der Waals surface area contributed by atoms with Crippen LogP contribution in [-0.2, 0) is 16.1 Å². The fourth-order valence-electron chi connectivity index (χ4n) is 4.47. The van der Waals surface area contributed by atoms with Gasteiger partial charge in [-0.15, -0.1) is 0 Å². The van der Waals surface area contributed by atoms with E-state index in [4.69, 9.17) is 14.5 Å². The largest absolute Gasteiger partial charge is 0.484 e. The monoisotopic (exact) mass is 447 g/mol. The molecular formula is C25H29N5O3. The Morgan fingerprint density at radius 3 is 2.73 bits per heavy atom. The lowest BCUT2D eigenvalue weighted by Gasteiger charge is -2.26. The number of hydrogen-bond acceptors (Lipinski definition) is 6. The first-order valence-corrected chi connectivity index (χ1v) is 11.5. The maximum atomic E-state index is 13.0. The highest BCUT2D eigenvalue weighted by atomic mass is 16.5. The molecular weight excluding hydrogens is 418 g/mol. The van der Waals surface area contributed by atoms with Crippen molar-refractivity contribution in [3.05, 3.63) is 72.4 Å². The molecule has 0 spiro atoms. The van der Waals surface area contributed by atoms with E-state index >= 15 is 0 Å². The second kappa shape index (κ2) is 10.1. The van der Waals surface area contributed by atoms with Crippen molar-refractivity contribution in [3.63, 3.8) is 0 Å². The van der Waals surface area contributed by atoms with Crippen molar-refractivity contribution in [1.82, 2.24) is 24.3 Å². The summed E-state index contributed by atoms with van der Waals surface area (Å²) in [5, 5.41) is 0. The van der Waals surface area contributed by atoms with Crippen LogP contribution in [0.25, 0.3) is 5.82 Å². The topological polar surface area (TPSA) is 72.7 Å². The smallest absolute Gasteiger partial charge is 0.261 e. The minimum atomic E-state index is -0.0273. The van der Waals surface area contributed by atoms with E-state index in [9.17, 15) is 4.79 Å². The second-order valence-corrected chi connectivity index (χ2v) is 8.46. The zero-order valence-corrected chi connectivity index (χ0v) is 18.7. The van der Waals surface area contributed by atoms with E-state index in [-0.39, 0.29) is 18.6 Å². The van der Waals surface area contributed by atoms with Crippen LogP contribution in [0.2, 0.25) is 0 Å². The van der Waals surface area contributed by atoms with Crippen LogP contribution in [0, 0.1) is 0 Å². The first-order chi connectivity index (χ1) is 16.3. The summed E-state index contributed by atoms with van der Waals surface area (Å²) >= 11 is 0. The van der Waals surface area contributed by atoms with E-state index < -0.39 is 0 Å². The van der Waals surface area contributed by atoms with Crippen molar-refractivity contribution in [2.45, 2.75) is 25.4 Å². The molecule has 4 heterocycles. The van der Waals surface area contributed by atoms with Gasteiger partial charge in [0.25, 0.3) is 5.91 Å². The minimum absolute atomic E-state index is 0.00951. The Hall–Kier alpha value is -3.23. The highest BCUT2D eigenvalue weighted by molar-refractivity contribution is 5.78. The molecule has 172 valence electrons. The van der Waals surface area contributed by atoms with Crippen molar-refractivity contribution < 1.29 is 14.3 Å². The molecule has 0 N–H and O–H groups in total. The number of rotatable bonds is 7. The van der Waals surface area contributed by atoms with Gasteiger partial charge < -0.3 is 14.4 Å². The van der Waals surface area contributed by atoms with E-state index in [0.29, 0.717) is 5.75 Å². The highest BCUT2D eigenvalue weighted by Gasteiger charge is 2.31. The number of carbonyl (C=O) groups is 1. The van der Waals surface area contributed by atoms with Gasteiger partial charge in [0, 0.05) is 38.6 Å². The van der Waals surface area contributed by atoms with Gasteiger partial charge >= 0.3 is 0 Å². The summed E-state index contributed by atoms with van der Waals surface area (Å²) in [7, 11) is 0. The Morgan fingerprint density at radius 1 is 1.09 bits per heavy atom. The molecule has 3 aromatic rings. The third-order valence-electron chi connectivity index (χ3n) is 6.23. The van der Waals surface area contributed by atoms with Crippen molar-refractivity contribution in [1.29, 1.82) is 0 Å². The SMILES string of the molecule is O=C(COc1ccc(CN2CCOCC2)cc1)N1CCC[C@H]1c1cccc(-n2ccnc2)n1. The summed E-state index contributed by atoms with van der Waals surface area (Å²) in [4.78, 5) is 26.1. The van der Waals surface area contributed by atoms with Crippen molar-refractivity contribution in [3.8, 4) is 11.6 Å². The summed E-state index contributed by atoms with van der Waals surface area (Å²) in [5.41, 5.74) is 2.14. The van der Waals surface area contributed by atoms with Gasteiger partial charge in [-0.25, -0.2) is 9.97 Å². The number of nitrogens with zero attached hydrogens (tertiary/aromatic N) is 5. The van der Waals surface area contributed by atoms with Crippen LogP contribution in [0.5, 0.6) is 5.75 Å². The summed E-state index contributed by atoms with van der Waals surface area (Å²) < 4.78 is 13.1. The number of morpholine rings is 1. The number of likely N-dealkylation sites (tertiary alicyclic amines) is 1. The van der Waals surface area contributed by atoms with Crippen LogP contribution in [0.1, 0.15) is 30.1 Å². The summed E-state index contributed by atoms with van der Waals surface area (Å²) in [6.07, 6.45) is 7.19. The van der Waals surface area contributed by atoms with E-state index in [1.165, 1.54) is 5.56 Å². The van der Waals surface area contributed by atoms with Crippen molar-refractivity contribution in [2.75, 3.05) is 39.5 Å². The van der Waals surface area contributed by atoms with E-state index in [1.54, 1.807) is 12.5 Å². The minimum Gasteiger partial charge on any atom is -0.484 e. The van der Waals surface area contributed by atoms with Gasteiger partial charge in [-0.1, -0.05) is 18.2 Å². The number of pyridine rings is 1. The molecule has 1 atom stereocenters. The van der Waals surface area contributed by atoms with Gasteiger partial charge in [0.15, 0.2) is 6.61 Å². The Labute approximate surface area is 193 Å². The molecule has 0 unspecified atom stereocenters. The number of ether oxygens (including phenoxy) is 2. The first kappa shape index (κ1) is 21.6. The zero-order valence-electron chi connectivity index (χ0n) is 18.7.